The number of amides is 2. The zero-order chi connectivity index (χ0) is 10.6. The molecule has 0 radical (unpaired) electrons. The highest BCUT2D eigenvalue weighted by atomic mass is 16.5. The van der Waals surface area contributed by atoms with Crippen LogP contribution in [0.5, 0.6) is 0 Å². The largest absolute Gasteiger partial charge is 0.369 e. The second-order valence-corrected chi connectivity index (χ2v) is 3.31. The molecule has 1 aliphatic carbocycles. The molecule has 1 aliphatic rings. The van der Waals surface area contributed by atoms with Gasteiger partial charge in [-0.25, -0.2) is 0 Å². The number of hydrogen-bond acceptors (Lipinski definition) is 4. The van der Waals surface area contributed by atoms with Crippen LogP contribution in [-0.4, -0.2) is 31.2 Å². The minimum atomic E-state index is -0.282. The highest BCUT2D eigenvalue weighted by Gasteiger charge is 2.33. The molecule has 0 spiro atoms. The molecule has 0 heterocycles. The number of primary amides is 1. The Morgan fingerprint density at radius 1 is 1.43 bits per heavy atom. The first-order valence-corrected chi connectivity index (χ1v) is 4.51. The zero-order valence-electron chi connectivity index (χ0n) is 7.86. The van der Waals surface area contributed by atoms with Crippen LogP contribution in [0, 0.1) is 5.92 Å². The van der Waals surface area contributed by atoms with Crippen molar-refractivity contribution in [2.75, 3.05) is 13.3 Å². The lowest BCUT2D eigenvalue weighted by Crippen LogP contribution is -2.42. The van der Waals surface area contributed by atoms with Gasteiger partial charge in [0, 0.05) is 5.92 Å². The van der Waals surface area contributed by atoms with Crippen LogP contribution in [0.4, 0.5) is 0 Å². The summed E-state index contributed by atoms with van der Waals surface area (Å²) in [6.45, 7) is 0.101. The number of ether oxygens (including phenoxy) is 1. The molecule has 0 aromatic rings. The summed E-state index contributed by atoms with van der Waals surface area (Å²) >= 11 is 0. The van der Waals surface area contributed by atoms with E-state index in [-0.39, 0.29) is 37.1 Å². The summed E-state index contributed by atoms with van der Waals surface area (Å²) in [5.74, 6) is -0.600. The molecular formula is C8H15N3O3. The van der Waals surface area contributed by atoms with E-state index in [0.717, 1.165) is 0 Å². The van der Waals surface area contributed by atoms with Crippen molar-refractivity contribution in [2.24, 2.45) is 17.4 Å². The smallest absolute Gasteiger partial charge is 0.235 e. The predicted octanol–water partition coefficient (Wildman–Crippen LogP) is -1.70. The summed E-state index contributed by atoms with van der Waals surface area (Å²) in [7, 11) is 0. The van der Waals surface area contributed by atoms with Gasteiger partial charge >= 0.3 is 0 Å². The van der Waals surface area contributed by atoms with E-state index in [9.17, 15) is 9.59 Å². The number of hydrogen-bond donors (Lipinski definition) is 3. The van der Waals surface area contributed by atoms with Gasteiger partial charge in [0.05, 0.1) is 12.6 Å². The van der Waals surface area contributed by atoms with E-state index in [1.807, 2.05) is 0 Å². The fourth-order valence-corrected chi connectivity index (χ4v) is 1.25. The van der Waals surface area contributed by atoms with Gasteiger partial charge in [-0.1, -0.05) is 0 Å². The Hall–Kier alpha value is -1.14. The molecule has 0 saturated heterocycles. The van der Waals surface area contributed by atoms with Crippen LogP contribution < -0.4 is 16.8 Å². The van der Waals surface area contributed by atoms with Crippen molar-refractivity contribution in [1.82, 2.24) is 5.32 Å². The summed E-state index contributed by atoms with van der Waals surface area (Å²) in [6, 6.07) is 0. The topological polar surface area (TPSA) is 107 Å². The highest BCUT2D eigenvalue weighted by Crippen LogP contribution is 2.29. The monoisotopic (exact) mass is 201 g/mol. The average molecular weight is 201 g/mol. The van der Waals surface area contributed by atoms with E-state index >= 15 is 0 Å². The minimum Gasteiger partial charge on any atom is -0.369 e. The van der Waals surface area contributed by atoms with Crippen molar-refractivity contribution in [3.05, 3.63) is 0 Å². The first-order valence-electron chi connectivity index (χ1n) is 4.51. The highest BCUT2D eigenvalue weighted by molar-refractivity contribution is 5.78. The Kier molecular flexibility index (Phi) is 3.84. The fraction of sp³-hybridized carbons (Fsp3) is 0.750. The third-order valence-electron chi connectivity index (χ3n) is 2.27. The van der Waals surface area contributed by atoms with Crippen LogP contribution in [0.25, 0.3) is 0 Å². The predicted molar refractivity (Wildman–Crippen MR) is 48.9 cm³/mol. The van der Waals surface area contributed by atoms with Gasteiger partial charge in [0.2, 0.25) is 11.8 Å². The summed E-state index contributed by atoms with van der Waals surface area (Å²) in [5, 5.41) is 2.47. The van der Waals surface area contributed by atoms with Gasteiger partial charge in [-0.3, -0.25) is 9.59 Å². The van der Waals surface area contributed by atoms with Gasteiger partial charge < -0.3 is 21.5 Å². The second-order valence-electron chi connectivity index (χ2n) is 3.31. The van der Waals surface area contributed by atoms with Crippen molar-refractivity contribution < 1.29 is 14.3 Å². The maximum absolute atomic E-state index is 10.7. The molecule has 0 unspecified atom stereocenters. The van der Waals surface area contributed by atoms with E-state index in [4.69, 9.17) is 16.2 Å². The van der Waals surface area contributed by atoms with E-state index < -0.39 is 0 Å². The van der Waals surface area contributed by atoms with Gasteiger partial charge in [-0.05, 0) is 12.8 Å². The first kappa shape index (κ1) is 10.9. The number of carbonyl (C=O) groups excluding carboxylic acids is 2. The normalized spacial score (nSPS) is 25.2. The number of carbonyl (C=O) groups is 2. The molecule has 14 heavy (non-hydrogen) atoms. The number of nitrogens with two attached hydrogens (primary N) is 2. The molecule has 0 aliphatic heterocycles. The Morgan fingerprint density at radius 2 is 2.07 bits per heavy atom. The summed E-state index contributed by atoms with van der Waals surface area (Å²) in [4.78, 5) is 21.3. The average Bonchev–Trinajstić information content (AvgIpc) is 2.07. The lowest BCUT2D eigenvalue weighted by Gasteiger charge is -2.32. The maximum Gasteiger partial charge on any atom is 0.235 e. The molecule has 2 amide bonds. The van der Waals surface area contributed by atoms with Crippen molar-refractivity contribution >= 4 is 11.8 Å². The summed E-state index contributed by atoms with van der Waals surface area (Å²) in [5.41, 5.74) is 10.1. The van der Waals surface area contributed by atoms with Crippen LogP contribution in [0.2, 0.25) is 0 Å². The van der Waals surface area contributed by atoms with Gasteiger partial charge in [-0.15, -0.1) is 0 Å². The van der Waals surface area contributed by atoms with Crippen LogP contribution >= 0.6 is 0 Å². The van der Waals surface area contributed by atoms with E-state index in [1.54, 1.807) is 0 Å². The van der Waals surface area contributed by atoms with Crippen LogP contribution in [0.1, 0.15) is 12.8 Å². The zero-order valence-corrected chi connectivity index (χ0v) is 7.86. The minimum absolute atomic E-state index is 0.0329. The quantitative estimate of drug-likeness (QED) is 0.461. The van der Waals surface area contributed by atoms with E-state index in [1.165, 1.54) is 0 Å². The lowest BCUT2D eigenvalue weighted by atomic mass is 9.82. The Balaban J connectivity index is 2.01. The molecule has 80 valence electrons. The molecule has 0 bridgehead atoms. The molecule has 0 aromatic heterocycles. The third kappa shape index (κ3) is 2.97. The van der Waals surface area contributed by atoms with Crippen molar-refractivity contribution in [3.63, 3.8) is 0 Å². The van der Waals surface area contributed by atoms with Crippen LogP contribution in [0.3, 0.4) is 0 Å². The number of rotatable bonds is 5. The van der Waals surface area contributed by atoms with Gasteiger partial charge in [0.1, 0.15) is 6.73 Å². The molecular weight excluding hydrogens is 186 g/mol. The van der Waals surface area contributed by atoms with Crippen LogP contribution in [-0.2, 0) is 14.3 Å². The van der Waals surface area contributed by atoms with Gasteiger partial charge in [-0.2, -0.15) is 0 Å². The summed E-state index contributed by atoms with van der Waals surface area (Å²) in [6.07, 6.45) is 1.33. The Labute approximate surface area is 82.0 Å². The maximum atomic E-state index is 10.7. The third-order valence-corrected chi connectivity index (χ3v) is 2.27. The second kappa shape index (κ2) is 4.92. The summed E-state index contributed by atoms with van der Waals surface area (Å²) < 4.78 is 5.24. The molecule has 0 atom stereocenters. The molecule has 0 aromatic carbocycles. The van der Waals surface area contributed by atoms with Gasteiger partial charge in [0.25, 0.3) is 0 Å². The molecule has 6 nitrogen and oxygen atoms in total. The molecule has 1 fully saturated rings. The van der Waals surface area contributed by atoms with E-state index in [2.05, 4.69) is 5.32 Å². The van der Waals surface area contributed by atoms with E-state index in [0.29, 0.717) is 12.8 Å². The van der Waals surface area contributed by atoms with Gasteiger partial charge in [0.15, 0.2) is 0 Å². The molecule has 6 heteroatoms. The molecule has 1 rings (SSSR count). The van der Waals surface area contributed by atoms with Crippen molar-refractivity contribution in [1.29, 1.82) is 0 Å². The molecule has 1 saturated carbocycles. The Bertz CT molecular complexity index is 226. The van der Waals surface area contributed by atoms with Crippen molar-refractivity contribution in [2.45, 2.75) is 18.9 Å². The Morgan fingerprint density at radius 3 is 2.57 bits per heavy atom. The van der Waals surface area contributed by atoms with Crippen molar-refractivity contribution in [3.8, 4) is 0 Å². The van der Waals surface area contributed by atoms with Crippen LogP contribution in [0.15, 0.2) is 0 Å². The SMILES string of the molecule is NCC(=O)NCO[C@H]1C[C@@H](C(N)=O)C1. The molecule has 5 N–H and O–H groups in total. The first-order chi connectivity index (χ1) is 6.63. The lowest BCUT2D eigenvalue weighted by molar-refractivity contribution is -0.133. The fourth-order valence-electron chi connectivity index (χ4n) is 1.25. The number of nitrogens with one attached hydrogen (secondary N) is 1. The standard InChI is InChI=1S/C8H15N3O3/c9-3-7(12)11-4-14-6-1-5(2-6)8(10)13/h5-6H,1-4,9H2,(H2,10,13)(H,11,12)/t5-,6+.